The first kappa shape index (κ1) is 14.2. The highest BCUT2D eigenvalue weighted by atomic mass is 32.1. The van der Waals surface area contributed by atoms with Gasteiger partial charge in [0.2, 0.25) is 0 Å². The van der Waals surface area contributed by atoms with E-state index in [4.69, 9.17) is 5.73 Å². The summed E-state index contributed by atoms with van der Waals surface area (Å²) in [6.07, 6.45) is -0.124. The number of hydrogen-bond acceptors (Lipinski definition) is 5. The van der Waals surface area contributed by atoms with Crippen LogP contribution in [-0.2, 0) is 0 Å². The van der Waals surface area contributed by atoms with E-state index < -0.39 is 6.10 Å². The highest BCUT2D eigenvalue weighted by Crippen LogP contribution is 1.98. The molecule has 2 atom stereocenters. The van der Waals surface area contributed by atoms with Crippen LogP contribution in [0.5, 0.6) is 0 Å². The first-order valence-electron chi connectivity index (χ1n) is 5.03. The van der Waals surface area contributed by atoms with Gasteiger partial charge in [0.25, 0.3) is 0 Å². The second-order valence-electron chi connectivity index (χ2n) is 3.43. The largest absolute Gasteiger partial charge is 0.392 e. The minimum Gasteiger partial charge on any atom is -0.392 e. The summed E-state index contributed by atoms with van der Waals surface area (Å²) in [5.74, 6) is 0.716. The fraction of sp³-hybridized carbons (Fsp3) is 1.00. The van der Waals surface area contributed by atoms with Gasteiger partial charge in [0.1, 0.15) is 0 Å². The maximum Gasteiger partial charge on any atom is 0.0789 e. The minimum atomic E-state index is -0.515. The molecule has 4 nitrogen and oxygen atoms in total. The van der Waals surface area contributed by atoms with Crippen LogP contribution in [0.2, 0.25) is 0 Å². The zero-order valence-electron chi connectivity index (χ0n) is 8.76. The second kappa shape index (κ2) is 8.49. The molecule has 0 rings (SSSR count). The molecule has 0 fully saturated rings. The maximum atomic E-state index is 9.46. The lowest BCUT2D eigenvalue weighted by atomic mass is 10.2. The lowest BCUT2D eigenvalue weighted by molar-refractivity contribution is 0.0745. The predicted molar refractivity (Wildman–Crippen MR) is 61.7 cm³/mol. The molecule has 0 bridgehead atoms. The molecule has 0 aliphatic heterocycles. The van der Waals surface area contributed by atoms with Gasteiger partial charge in [0, 0.05) is 31.9 Å². The van der Waals surface area contributed by atoms with Crippen LogP contribution in [0.4, 0.5) is 0 Å². The molecule has 86 valence electrons. The van der Waals surface area contributed by atoms with Crippen LogP contribution in [-0.4, -0.2) is 59.3 Å². The Morgan fingerprint density at radius 2 is 1.86 bits per heavy atom. The van der Waals surface area contributed by atoms with Gasteiger partial charge in [0.15, 0.2) is 0 Å². The van der Waals surface area contributed by atoms with Crippen molar-refractivity contribution in [1.29, 1.82) is 0 Å². The zero-order chi connectivity index (χ0) is 11.0. The fourth-order valence-electron chi connectivity index (χ4n) is 1.20. The third-order valence-electron chi connectivity index (χ3n) is 2.10. The zero-order valence-corrected chi connectivity index (χ0v) is 9.66. The number of nitrogens with zero attached hydrogens (tertiary/aromatic N) is 1. The van der Waals surface area contributed by atoms with E-state index in [0.717, 1.165) is 13.0 Å². The summed E-state index contributed by atoms with van der Waals surface area (Å²) in [6.45, 7) is 4.04. The monoisotopic (exact) mass is 222 g/mol. The Bertz CT molecular complexity index is 126. The van der Waals surface area contributed by atoms with Gasteiger partial charge in [-0.25, -0.2) is 0 Å². The molecule has 0 spiro atoms. The Kier molecular flexibility index (Phi) is 8.61. The molecule has 0 heterocycles. The molecule has 0 aromatic rings. The number of rotatable bonds is 8. The van der Waals surface area contributed by atoms with Crippen molar-refractivity contribution in [1.82, 2.24) is 4.90 Å². The van der Waals surface area contributed by atoms with Gasteiger partial charge in [-0.1, -0.05) is 6.92 Å². The van der Waals surface area contributed by atoms with E-state index in [-0.39, 0.29) is 12.6 Å². The van der Waals surface area contributed by atoms with Gasteiger partial charge in [-0.2, -0.15) is 12.6 Å². The van der Waals surface area contributed by atoms with Gasteiger partial charge < -0.3 is 15.9 Å². The Morgan fingerprint density at radius 3 is 2.29 bits per heavy atom. The lowest BCUT2D eigenvalue weighted by Crippen LogP contribution is -2.41. The van der Waals surface area contributed by atoms with Crippen molar-refractivity contribution in [2.75, 3.05) is 31.9 Å². The summed E-state index contributed by atoms with van der Waals surface area (Å²) in [6, 6.07) is 0. The second-order valence-corrected chi connectivity index (χ2v) is 3.88. The molecule has 0 aromatic heterocycles. The SMILES string of the molecule is CCC(O)CN(CCS)CC(O)CN. The third-order valence-corrected chi connectivity index (χ3v) is 2.30. The Morgan fingerprint density at radius 1 is 1.29 bits per heavy atom. The lowest BCUT2D eigenvalue weighted by Gasteiger charge is -2.25. The van der Waals surface area contributed by atoms with Crippen molar-refractivity contribution in [3.8, 4) is 0 Å². The van der Waals surface area contributed by atoms with Crippen LogP contribution in [0, 0.1) is 0 Å². The summed E-state index contributed by atoms with van der Waals surface area (Å²) >= 11 is 4.13. The highest BCUT2D eigenvalue weighted by molar-refractivity contribution is 7.80. The molecule has 14 heavy (non-hydrogen) atoms. The fourth-order valence-corrected chi connectivity index (χ4v) is 1.48. The van der Waals surface area contributed by atoms with Crippen molar-refractivity contribution >= 4 is 12.6 Å². The summed E-state index contributed by atoms with van der Waals surface area (Å²) in [5, 5.41) is 18.8. The van der Waals surface area contributed by atoms with Crippen LogP contribution in [0.15, 0.2) is 0 Å². The maximum absolute atomic E-state index is 9.46. The molecule has 0 saturated carbocycles. The number of hydrogen-bond donors (Lipinski definition) is 4. The number of thiol groups is 1. The van der Waals surface area contributed by atoms with Crippen LogP contribution in [0.3, 0.4) is 0 Å². The average molecular weight is 222 g/mol. The quantitative estimate of drug-likeness (QED) is 0.410. The third kappa shape index (κ3) is 6.62. The predicted octanol–water partition coefficient (Wildman–Crippen LogP) is -0.691. The van der Waals surface area contributed by atoms with Gasteiger partial charge in [0.05, 0.1) is 12.2 Å². The van der Waals surface area contributed by atoms with Crippen LogP contribution >= 0.6 is 12.6 Å². The molecule has 2 unspecified atom stereocenters. The molecule has 0 saturated heterocycles. The molecule has 0 aromatic carbocycles. The summed E-state index contributed by atoms with van der Waals surface area (Å²) in [4.78, 5) is 1.98. The summed E-state index contributed by atoms with van der Waals surface area (Å²) < 4.78 is 0. The van der Waals surface area contributed by atoms with E-state index in [2.05, 4.69) is 12.6 Å². The Balaban J connectivity index is 3.88. The van der Waals surface area contributed by atoms with Gasteiger partial charge in [-0.3, -0.25) is 4.90 Å². The molecular formula is C9H22N2O2S. The van der Waals surface area contributed by atoms with Crippen molar-refractivity contribution in [2.45, 2.75) is 25.6 Å². The van der Waals surface area contributed by atoms with E-state index in [1.165, 1.54) is 0 Å². The minimum absolute atomic E-state index is 0.255. The van der Waals surface area contributed by atoms with Gasteiger partial charge in [-0.05, 0) is 6.42 Å². The van der Waals surface area contributed by atoms with Crippen LogP contribution in [0.1, 0.15) is 13.3 Å². The summed E-state index contributed by atoms with van der Waals surface area (Å²) in [7, 11) is 0. The molecular weight excluding hydrogens is 200 g/mol. The van der Waals surface area contributed by atoms with E-state index in [9.17, 15) is 10.2 Å². The van der Waals surface area contributed by atoms with Gasteiger partial charge in [-0.15, -0.1) is 0 Å². The van der Waals surface area contributed by atoms with E-state index in [1.807, 2.05) is 11.8 Å². The average Bonchev–Trinajstić information content (AvgIpc) is 2.17. The molecule has 4 N–H and O–H groups in total. The topological polar surface area (TPSA) is 69.7 Å². The van der Waals surface area contributed by atoms with E-state index in [0.29, 0.717) is 18.8 Å². The molecule has 0 amide bonds. The van der Waals surface area contributed by atoms with Crippen LogP contribution < -0.4 is 5.73 Å². The first-order chi connectivity index (χ1) is 6.63. The molecule has 0 aliphatic rings. The smallest absolute Gasteiger partial charge is 0.0789 e. The highest BCUT2D eigenvalue weighted by Gasteiger charge is 2.12. The van der Waals surface area contributed by atoms with Crippen molar-refractivity contribution in [2.24, 2.45) is 5.73 Å². The van der Waals surface area contributed by atoms with Gasteiger partial charge >= 0.3 is 0 Å². The molecule has 5 heteroatoms. The normalized spacial score (nSPS) is 15.9. The molecule has 0 aliphatic carbocycles. The van der Waals surface area contributed by atoms with E-state index >= 15 is 0 Å². The Hall–Kier alpha value is 0.190. The number of aliphatic hydroxyl groups excluding tert-OH is 2. The molecule has 0 radical (unpaired) electrons. The van der Waals surface area contributed by atoms with Crippen molar-refractivity contribution < 1.29 is 10.2 Å². The summed E-state index contributed by atoms with van der Waals surface area (Å²) in [5.41, 5.74) is 5.32. The van der Waals surface area contributed by atoms with Crippen LogP contribution in [0.25, 0.3) is 0 Å². The number of aliphatic hydroxyl groups is 2. The first-order valence-corrected chi connectivity index (χ1v) is 5.66. The van der Waals surface area contributed by atoms with Crippen molar-refractivity contribution in [3.05, 3.63) is 0 Å². The van der Waals surface area contributed by atoms with E-state index in [1.54, 1.807) is 0 Å². The number of nitrogens with two attached hydrogens (primary N) is 1. The van der Waals surface area contributed by atoms with Crippen molar-refractivity contribution in [3.63, 3.8) is 0 Å². The standard InChI is InChI=1S/C9H22N2O2S/c1-2-8(12)6-11(3-4-14)7-9(13)5-10/h8-9,12-14H,2-7,10H2,1H3. The Labute approximate surface area is 91.5 Å².